The summed E-state index contributed by atoms with van der Waals surface area (Å²) in [7, 11) is 1.35. The molecule has 2 rings (SSSR count). The summed E-state index contributed by atoms with van der Waals surface area (Å²) in [5, 5.41) is 0.0222. The maximum absolute atomic E-state index is 13.8. The lowest BCUT2D eigenvalue weighted by molar-refractivity contribution is 0.140. The molecule has 0 atom stereocenters. The molecule has 0 aliphatic heterocycles. The minimum Gasteiger partial charge on any atom is -0.380 e. The number of hydrogen-bond donors (Lipinski definition) is 0. The standard InChI is InChI=1S/C12H13ClFNO3S/c1-2-18-7-6-15-8-11(19(13,16)17)12-9(14)4-3-5-10(12)15/h3-5,8H,2,6-7H2,1H3. The van der Waals surface area contributed by atoms with Gasteiger partial charge in [-0.1, -0.05) is 6.07 Å². The number of nitrogens with zero attached hydrogens (tertiary/aromatic N) is 1. The Balaban J connectivity index is 2.58. The first kappa shape index (κ1) is 14.3. The van der Waals surface area contributed by atoms with Crippen LogP contribution in [0.3, 0.4) is 0 Å². The molecule has 0 bridgehead atoms. The lowest BCUT2D eigenvalue weighted by Gasteiger charge is -2.04. The van der Waals surface area contributed by atoms with Crippen molar-refractivity contribution in [2.45, 2.75) is 18.4 Å². The van der Waals surface area contributed by atoms with E-state index < -0.39 is 14.9 Å². The molecular formula is C12H13ClFNO3S. The number of fused-ring (bicyclic) bond motifs is 1. The fourth-order valence-corrected chi connectivity index (χ4v) is 3.00. The highest BCUT2D eigenvalue weighted by atomic mass is 35.7. The lowest BCUT2D eigenvalue weighted by atomic mass is 10.2. The van der Waals surface area contributed by atoms with Crippen LogP contribution >= 0.6 is 10.7 Å². The van der Waals surface area contributed by atoms with Crippen molar-refractivity contribution in [3.63, 3.8) is 0 Å². The zero-order valence-corrected chi connectivity index (χ0v) is 11.8. The second kappa shape index (κ2) is 5.48. The zero-order valence-electron chi connectivity index (χ0n) is 10.3. The summed E-state index contributed by atoms with van der Waals surface area (Å²) >= 11 is 0. The number of aromatic nitrogens is 1. The van der Waals surface area contributed by atoms with Gasteiger partial charge in [0.1, 0.15) is 10.7 Å². The molecule has 1 heterocycles. The molecule has 0 aliphatic rings. The number of benzene rings is 1. The van der Waals surface area contributed by atoms with Gasteiger partial charge in [0.25, 0.3) is 9.05 Å². The Kier molecular flexibility index (Phi) is 4.13. The number of halogens is 2. The van der Waals surface area contributed by atoms with E-state index in [1.165, 1.54) is 18.3 Å². The van der Waals surface area contributed by atoms with Gasteiger partial charge < -0.3 is 9.30 Å². The zero-order chi connectivity index (χ0) is 14.0. The smallest absolute Gasteiger partial charge is 0.263 e. The fraction of sp³-hybridized carbons (Fsp3) is 0.333. The van der Waals surface area contributed by atoms with Gasteiger partial charge in [0.2, 0.25) is 0 Å². The third-order valence-corrected chi connectivity index (χ3v) is 4.10. The second-order valence-corrected chi connectivity index (χ2v) is 6.49. The summed E-state index contributed by atoms with van der Waals surface area (Å²) in [6.45, 7) is 3.27. The molecule has 7 heteroatoms. The van der Waals surface area contributed by atoms with E-state index in [-0.39, 0.29) is 10.3 Å². The van der Waals surface area contributed by atoms with Crippen LogP contribution in [0.2, 0.25) is 0 Å². The van der Waals surface area contributed by atoms with Gasteiger partial charge in [-0.05, 0) is 19.1 Å². The quantitative estimate of drug-likeness (QED) is 0.630. The van der Waals surface area contributed by atoms with E-state index in [2.05, 4.69) is 0 Å². The summed E-state index contributed by atoms with van der Waals surface area (Å²) in [5.41, 5.74) is 0.485. The molecule has 0 saturated heterocycles. The number of ether oxygens (including phenoxy) is 1. The first-order chi connectivity index (χ1) is 8.95. The van der Waals surface area contributed by atoms with E-state index in [9.17, 15) is 12.8 Å². The van der Waals surface area contributed by atoms with Gasteiger partial charge >= 0.3 is 0 Å². The molecular weight excluding hydrogens is 293 g/mol. The highest BCUT2D eigenvalue weighted by Crippen LogP contribution is 2.30. The molecule has 0 fully saturated rings. The van der Waals surface area contributed by atoms with Crippen LogP contribution in [0, 0.1) is 5.82 Å². The molecule has 19 heavy (non-hydrogen) atoms. The van der Waals surface area contributed by atoms with Crippen molar-refractivity contribution < 1.29 is 17.5 Å². The van der Waals surface area contributed by atoms with Gasteiger partial charge in [-0.25, -0.2) is 12.8 Å². The molecule has 0 radical (unpaired) electrons. The van der Waals surface area contributed by atoms with Crippen LogP contribution in [0.25, 0.3) is 10.9 Å². The van der Waals surface area contributed by atoms with E-state index in [1.54, 1.807) is 10.6 Å². The Labute approximate surface area is 115 Å². The minimum atomic E-state index is -3.99. The summed E-state index contributed by atoms with van der Waals surface area (Å²) in [5.74, 6) is -0.605. The van der Waals surface area contributed by atoms with Crippen molar-refractivity contribution in [2.24, 2.45) is 0 Å². The number of hydrogen-bond acceptors (Lipinski definition) is 3. The predicted octanol–water partition coefficient (Wildman–Crippen LogP) is 2.74. The molecule has 2 aromatic rings. The molecule has 4 nitrogen and oxygen atoms in total. The summed E-state index contributed by atoms with van der Waals surface area (Å²) in [6.07, 6.45) is 1.34. The molecule has 0 N–H and O–H groups in total. The number of rotatable bonds is 5. The largest absolute Gasteiger partial charge is 0.380 e. The topological polar surface area (TPSA) is 48.3 Å². The van der Waals surface area contributed by atoms with Gasteiger partial charge in [0.05, 0.1) is 17.5 Å². The molecule has 0 amide bonds. The van der Waals surface area contributed by atoms with Crippen molar-refractivity contribution in [1.29, 1.82) is 0 Å². The Bertz CT molecular complexity index is 696. The van der Waals surface area contributed by atoms with Crippen LogP contribution in [-0.2, 0) is 20.3 Å². The Morgan fingerprint density at radius 1 is 1.42 bits per heavy atom. The molecule has 1 aromatic carbocycles. The van der Waals surface area contributed by atoms with Gasteiger partial charge in [-0.3, -0.25) is 0 Å². The maximum Gasteiger partial charge on any atom is 0.263 e. The van der Waals surface area contributed by atoms with E-state index in [0.717, 1.165) is 0 Å². The van der Waals surface area contributed by atoms with E-state index in [0.29, 0.717) is 25.3 Å². The fourth-order valence-electron chi connectivity index (χ4n) is 1.95. The average molecular weight is 306 g/mol. The van der Waals surface area contributed by atoms with E-state index >= 15 is 0 Å². The third kappa shape index (κ3) is 2.91. The highest BCUT2D eigenvalue weighted by Gasteiger charge is 2.21. The second-order valence-electron chi connectivity index (χ2n) is 3.96. The van der Waals surface area contributed by atoms with Crippen molar-refractivity contribution in [3.8, 4) is 0 Å². The van der Waals surface area contributed by atoms with Gasteiger partial charge in [0, 0.05) is 30.0 Å². The van der Waals surface area contributed by atoms with Crippen LogP contribution < -0.4 is 0 Å². The van der Waals surface area contributed by atoms with Gasteiger partial charge in [-0.15, -0.1) is 0 Å². The average Bonchev–Trinajstić information content (AvgIpc) is 2.70. The summed E-state index contributed by atoms with van der Waals surface area (Å²) in [4.78, 5) is -0.209. The van der Waals surface area contributed by atoms with Gasteiger partial charge in [0.15, 0.2) is 0 Å². The van der Waals surface area contributed by atoms with Crippen LogP contribution in [0.15, 0.2) is 29.3 Å². The van der Waals surface area contributed by atoms with Gasteiger partial charge in [-0.2, -0.15) is 0 Å². The summed E-state index contributed by atoms with van der Waals surface area (Å²) < 4.78 is 43.6. The maximum atomic E-state index is 13.8. The van der Waals surface area contributed by atoms with E-state index in [4.69, 9.17) is 15.4 Å². The minimum absolute atomic E-state index is 0.0222. The van der Waals surface area contributed by atoms with Crippen molar-refractivity contribution in [1.82, 2.24) is 4.57 Å². The first-order valence-corrected chi connectivity index (χ1v) is 8.06. The van der Waals surface area contributed by atoms with Crippen molar-refractivity contribution in [3.05, 3.63) is 30.2 Å². The normalized spacial score (nSPS) is 12.2. The van der Waals surface area contributed by atoms with Crippen LogP contribution in [0.5, 0.6) is 0 Å². The highest BCUT2D eigenvalue weighted by molar-refractivity contribution is 8.14. The van der Waals surface area contributed by atoms with Crippen molar-refractivity contribution >= 4 is 30.6 Å². The molecule has 104 valence electrons. The summed E-state index contributed by atoms with van der Waals surface area (Å²) in [6, 6.07) is 4.39. The predicted molar refractivity (Wildman–Crippen MR) is 71.4 cm³/mol. The molecule has 0 aliphatic carbocycles. The van der Waals surface area contributed by atoms with Crippen LogP contribution in [-0.4, -0.2) is 26.2 Å². The first-order valence-electron chi connectivity index (χ1n) is 5.75. The molecule has 0 unspecified atom stereocenters. The molecule has 0 saturated carbocycles. The van der Waals surface area contributed by atoms with Crippen molar-refractivity contribution in [2.75, 3.05) is 13.2 Å². The van der Waals surface area contributed by atoms with Crippen LogP contribution in [0.4, 0.5) is 4.39 Å². The Morgan fingerprint density at radius 2 is 2.16 bits per heavy atom. The Morgan fingerprint density at radius 3 is 2.79 bits per heavy atom. The molecule has 1 aromatic heterocycles. The monoisotopic (exact) mass is 305 g/mol. The lowest BCUT2D eigenvalue weighted by Crippen LogP contribution is -2.04. The SMILES string of the molecule is CCOCCn1cc(S(=O)(=O)Cl)c2c(F)cccc21. The third-order valence-electron chi connectivity index (χ3n) is 2.76. The van der Waals surface area contributed by atoms with Crippen LogP contribution in [0.1, 0.15) is 6.92 Å². The van der Waals surface area contributed by atoms with E-state index in [1.807, 2.05) is 6.92 Å². The molecule has 0 spiro atoms. The Hall–Kier alpha value is -1.11.